The van der Waals surface area contributed by atoms with Gasteiger partial charge in [0.05, 0.1) is 6.54 Å². The van der Waals surface area contributed by atoms with Crippen LogP contribution in [0.25, 0.3) is 0 Å². The van der Waals surface area contributed by atoms with Crippen molar-refractivity contribution in [2.45, 2.75) is 38.8 Å². The molecule has 0 atom stereocenters. The molecule has 0 radical (unpaired) electrons. The Kier molecular flexibility index (Phi) is 1.81. The fourth-order valence-electron chi connectivity index (χ4n) is 2.09. The molecule has 0 N–H and O–H groups in total. The van der Waals surface area contributed by atoms with E-state index >= 15 is 0 Å². The van der Waals surface area contributed by atoms with E-state index in [0.717, 1.165) is 24.7 Å². The number of aromatic nitrogens is 3. The van der Waals surface area contributed by atoms with Gasteiger partial charge in [-0.05, 0) is 12.8 Å². The van der Waals surface area contributed by atoms with Gasteiger partial charge in [0.1, 0.15) is 5.82 Å². The molecule has 2 heterocycles. The molecule has 0 spiro atoms. The molecule has 5 heteroatoms. The van der Waals surface area contributed by atoms with Gasteiger partial charge in [-0.2, -0.15) is 0 Å². The minimum atomic E-state index is 0.122. The monoisotopic (exact) mass is 206 g/mol. The zero-order valence-electron chi connectivity index (χ0n) is 8.81. The standard InChI is InChI=1S/C10H14N4O/c1-7(15)13-4-5-14-9(6-13)11-12-10(14)8-2-3-8/h8H,2-6H2,1H3. The largest absolute Gasteiger partial charge is 0.334 e. The van der Waals surface area contributed by atoms with Gasteiger partial charge in [-0.1, -0.05) is 0 Å². The van der Waals surface area contributed by atoms with Crippen LogP contribution in [0.2, 0.25) is 0 Å². The topological polar surface area (TPSA) is 51.0 Å². The molecule has 1 aromatic rings. The molecule has 0 aromatic carbocycles. The first-order valence-electron chi connectivity index (χ1n) is 5.43. The van der Waals surface area contributed by atoms with Gasteiger partial charge in [0, 0.05) is 25.9 Å². The summed E-state index contributed by atoms with van der Waals surface area (Å²) in [5, 5.41) is 8.40. The maximum Gasteiger partial charge on any atom is 0.219 e. The molecule has 1 saturated carbocycles. The summed E-state index contributed by atoms with van der Waals surface area (Å²) >= 11 is 0. The van der Waals surface area contributed by atoms with Crippen LogP contribution < -0.4 is 0 Å². The maximum atomic E-state index is 11.2. The molecular weight excluding hydrogens is 192 g/mol. The van der Waals surface area contributed by atoms with Crippen molar-refractivity contribution in [3.05, 3.63) is 11.6 Å². The number of nitrogens with zero attached hydrogens (tertiary/aromatic N) is 4. The summed E-state index contributed by atoms with van der Waals surface area (Å²) in [5.74, 6) is 2.83. The Morgan fingerprint density at radius 3 is 2.80 bits per heavy atom. The van der Waals surface area contributed by atoms with E-state index < -0.39 is 0 Å². The smallest absolute Gasteiger partial charge is 0.219 e. The minimum absolute atomic E-state index is 0.122. The van der Waals surface area contributed by atoms with Gasteiger partial charge in [0.25, 0.3) is 0 Å². The summed E-state index contributed by atoms with van der Waals surface area (Å²) < 4.78 is 2.19. The molecule has 0 bridgehead atoms. The first kappa shape index (κ1) is 8.88. The highest BCUT2D eigenvalue weighted by atomic mass is 16.2. The number of hydrogen-bond donors (Lipinski definition) is 0. The van der Waals surface area contributed by atoms with Crippen molar-refractivity contribution in [3.8, 4) is 0 Å². The SMILES string of the molecule is CC(=O)N1CCn2c(nnc2C2CC2)C1. The molecular formula is C10H14N4O. The van der Waals surface area contributed by atoms with Crippen LogP contribution in [0.5, 0.6) is 0 Å². The van der Waals surface area contributed by atoms with E-state index in [2.05, 4.69) is 14.8 Å². The highest BCUT2D eigenvalue weighted by Gasteiger charge is 2.32. The second-order valence-corrected chi connectivity index (χ2v) is 4.34. The van der Waals surface area contributed by atoms with E-state index in [4.69, 9.17) is 0 Å². The third kappa shape index (κ3) is 1.42. The molecule has 2 aliphatic rings. The van der Waals surface area contributed by atoms with Crippen molar-refractivity contribution >= 4 is 5.91 Å². The van der Waals surface area contributed by atoms with E-state index in [9.17, 15) is 4.79 Å². The van der Waals surface area contributed by atoms with Gasteiger partial charge in [-0.15, -0.1) is 10.2 Å². The highest BCUT2D eigenvalue weighted by Crippen LogP contribution is 2.39. The number of carbonyl (C=O) groups is 1. The van der Waals surface area contributed by atoms with Crippen molar-refractivity contribution < 1.29 is 4.79 Å². The average molecular weight is 206 g/mol. The number of fused-ring (bicyclic) bond motifs is 1. The summed E-state index contributed by atoms with van der Waals surface area (Å²) in [6.45, 7) is 3.87. The summed E-state index contributed by atoms with van der Waals surface area (Å²) in [6.07, 6.45) is 2.49. The van der Waals surface area contributed by atoms with Crippen molar-refractivity contribution in [2.75, 3.05) is 6.54 Å². The normalized spacial score (nSPS) is 20.2. The highest BCUT2D eigenvalue weighted by molar-refractivity contribution is 5.73. The van der Waals surface area contributed by atoms with Crippen molar-refractivity contribution in [1.29, 1.82) is 0 Å². The zero-order valence-corrected chi connectivity index (χ0v) is 8.81. The third-order valence-electron chi connectivity index (χ3n) is 3.17. The fourth-order valence-corrected chi connectivity index (χ4v) is 2.09. The molecule has 3 rings (SSSR count). The van der Waals surface area contributed by atoms with Crippen LogP contribution in [0.3, 0.4) is 0 Å². The second kappa shape index (κ2) is 3.05. The van der Waals surface area contributed by atoms with Crippen LogP contribution in [0.4, 0.5) is 0 Å². The van der Waals surface area contributed by atoms with Crippen molar-refractivity contribution in [3.63, 3.8) is 0 Å². The summed E-state index contributed by atoms with van der Waals surface area (Å²) in [7, 11) is 0. The zero-order chi connectivity index (χ0) is 10.4. The van der Waals surface area contributed by atoms with E-state index in [-0.39, 0.29) is 5.91 Å². The molecule has 1 aromatic heterocycles. The molecule has 80 valence electrons. The quantitative estimate of drug-likeness (QED) is 0.673. The number of amides is 1. The van der Waals surface area contributed by atoms with Crippen LogP contribution in [0.15, 0.2) is 0 Å². The molecule has 1 aliphatic heterocycles. The lowest BCUT2D eigenvalue weighted by Gasteiger charge is -2.26. The lowest BCUT2D eigenvalue weighted by Crippen LogP contribution is -2.37. The van der Waals surface area contributed by atoms with Gasteiger partial charge in [-0.3, -0.25) is 4.79 Å². The lowest BCUT2D eigenvalue weighted by atomic mass is 10.3. The first-order chi connectivity index (χ1) is 7.25. The lowest BCUT2D eigenvalue weighted by molar-refractivity contribution is -0.130. The predicted octanol–water partition coefficient (Wildman–Crippen LogP) is 0.518. The molecule has 15 heavy (non-hydrogen) atoms. The second-order valence-electron chi connectivity index (χ2n) is 4.34. The van der Waals surface area contributed by atoms with Crippen LogP contribution in [0, 0.1) is 0 Å². The Morgan fingerprint density at radius 1 is 1.33 bits per heavy atom. The Hall–Kier alpha value is -1.39. The molecule has 0 unspecified atom stereocenters. The Balaban J connectivity index is 1.88. The number of hydrogen-bond acceptors (Lipinski definition) is 3. The van der Waals surface area contributed by atoms with Crippen LogP contribution >= 0.6 is 0 Å². The summed E-state index contributed by atoms with van der Waals surface area (Å²) in [5.41, 5.74) is 0. The van der Waals surface area contributed by atoms with Gasteiger partial charge in [0.15, 0.2) is 5.82 Å². The maximum absolute atomic E-state index is 11.2. The van der Waals surface area contributed by atoms with Crippen LogP contribution in [-0.4, -0.2) is 32.1 Å². The van der Waals surface area contributed by atoms with E-state index in [1.807, 2.05) is 4.90 Å². The molecule has 5 nitrogen and oxygen atoms in total. The molecule has 1 fully saturated rings. The summed E-state index contributed by atoms with van der Waals surface area (Å²) in [4.78, 5) is 13.1. The van der Waals surface area contributed by atoms with Gasteiger partial charge in [0.2, 0.25) is 5.91 Å². The summed E-state index contributed by atoms with van der Waals surface area (Å²) in [6, 6.07) is 0. The molecule has 1 aliphatic carbocycles. The Bertz CT molecular complexity index is 408. The first-order valence-corrected chi connectivity index (χ1v) is 5.43. The van der Waals surface area contributed by atoms with Crippen LogP contribution in [-0.2, 0) is 17.9 Å². The van der Waals surface area contributed by atoms with Gasteiger partial charge in [-0.25, -0.2) is 0 Å². The van der Waals surface area contributed by atoms with Crippen molar-refractivity contribution in [1.82, 2.24) is 19.7 Å². The molecule has 0 saturated heterocycles. The minimum Gasteiger partial charge on any atom is -0.334 e. The Labute approximate surface area is 88.1 Å². The third-order valence-corrected chi connectivity index (χ3v) is 3.17. The number of carbonyl (C=O) groups excluding carboxylic acids is 1. The Morgan fingerprint density at radius 2 is 2.13 bits per heavy atom. The van der Waals surface area contributed by atoms with E-state index in [1.54, 1.807) is 6.92 Å². The predicted molar refractivity (Wildman–Crippen MR) is 53.1 cm³/mol. The van der Waals surface area contributed by atoms with E-state index in [1.165, 1.54) is 12.8 Å². The molecule has 1 amide bonds. The number of rotatable bonds is 1. The fraction of sp³-hybridized carbons (Fsp3) is 0.700. The van der Waals surface area contributed by atoms with Crippen molar-refractivity contribution in [2.24, 2.45) is 0 Å². The van der Waals surface area contributed by atoms with Gasteiger partial charge < -0.3 is 9.47 Å². The van der Waals surface area contributed by atoms with Crippen LogP contribution in [0.1, 0.15) is 37.3 Å². The average Bonchev–Trinajstić information content (AvgIpc) is 2.98. The van der Waals surface area contributed by atoms with Gasteiger partial charge >= 0.3 is 0 Å². The van der Waals surface area contributed by atoms with E-state index in [0.29, 0.717) is 12.5 Å².